The van der Waals surface area contributed by atoms with Gasteiger partial charge in [0.1, 0.15) is 5.60 Å². The number of aliphatic hydroxyl groups excluding tert-OH is 1. The summed E-state index contributed by atoms with van der Waals surface area (Å²) in [5, 5.41) is 20.6. The van der Waals surface area contributed by atoms with Crippen molar-refractivity contribution in [3.8, 4) is 0 Å². The number of carboxylic acid groups (broad SMARTS) is 1. The van der Waals surface area contributed by atoms with Crippen molar-refractivity contribution in [2.45, 2.75) is 61.7 Å². The number of hydrogen-bond donors (Lipinski definition) is 2. The molecule has 0 aliphatic carbocycles. The van der Waals surface area contributed by atoms with Crippen LogP contribution in [0.1, 0.15) is 55.3 Å². The fourth-order valence-electron chi connectivity index (χ4n) is 4.08. The number of sulfone groups is 1. The fourth-order valence-corrected chi connectivity index (χ4v) is 6.06. The van der Waals surface area contributed by atoms with Crippen molar-refractivity contribution in [2.75, 3.05) is 6.54 Å². The molecule has 1 amide bonds. The highest BCUT2D eigenvalue weighted by Gasteiger charge is 2.30. The van der Waals surface area contributed by atoms with Gasteiger partial charge < -0.3 is 19.8 Å². The summed E-state index contributed by atoms with van der Waals surface area (Å²) in [5.74, 6) is -1.45. The minimum atomic E-state index is -4.18. The van der Waals surface area contributed by atoms with E-state index in [1.54, 1.807) is 64.1 Å². The number of amides is 1. The van der Waals surface area contributed by atoms with Crippen LogP contribution in [0, 0.1) is 0 Å². The van der Waals surface area contributed by atoms with Crippen molar-refractivity contribution in [3.05, 3.63) is 93.5 Å². The molecule has 0 aromatic heterocycles. The Kier molecular flexibility index (Phi) is 9.89. The molecule has 8 nitrogen and oxygen atoms in total. The number of rotatable bonds is 9. The van der Waals surface area contributed by atoms with Gasteiger partial charge in [0.2, 0.25) is 9.84 Å². The number of benzene rings is 3. The molecule has 0 saturated heterocycles. The average molecular weight is 609 g/mol. The molecule has 0 saturated carbocycles. The fraction of sp³-hybridized carbons (Fsp3) is 0.310. The lowest BCUT2D eigenvalue weighted by molar-refractivity contribution is 0.00546. The summed E-state index contributed by atoms with van der Waals surface area (Å²) in [7, 11) is -4.18. The van der Waals surface area contributed by atoms with Crippen molar-refractivity contribution < 1.29 is 33.0 Å². The highest BCUT2D eigenvalue weighted by atomic mass is 35.5. The summed E-state index contributed by atoms with van der Waals surface area (Å²) >= 11 is 12.0. The molecule has 0 spiro atoms. The van der Waals surface area contributed by atoms with Gasteiger partial charge in [0.15, 0.2) is 0 Å². The second-order valence-corrected chi connectivity index (χ2v) is 13.1. The maximum absolute atomic E-state index is 13.2. The lowest BCUT2D eigenvalue weighted by Gasteiger charge is -2.33. The smallest absolute Gasteiger partial charge is 0.410 e. The van der Waals surface area contributed by atoms with Gasteiger partial charge in [0.05, 0.1) is 33.0 Å². The molecule has 11 heteroatoms. The molecule has 3 aromatic carbocycles. The molecule has 2 atom stereocenters. The Morgan fingerprint density at radius 3 is 2.20 bits per heavy atom. The molecule has 0 aliphatic heterocycles. The number of ether oxygens (including phenoxy) is 1. The van der Waals surface area contributed by atoms with Crippen LogP contribution in [0.15, 0.2) is 76.5 Å². The SMILES string of the molecule is C[C@H](Cc1ccc(S(=O)(=O)c2cccc(Cl)c2C(=O)O)cc1)N(C[C@H](O)c1cccc(Cl)c1)C(=O)OC(C)(C)C. The summed E-state index contributed by atoms with van der Waals surface area (Å²) in [6.45, 7) is 6.97. The van der Waals surface area contributed by atoms with Gasteiger partial charge in [-0.3, -0.25) is 0 Å². The normalized spacial score (nSPS) is 13.4. The van der Waals surface area contributed by atoms with E-state index in [9.17, 15) is 28.2 Å². The highest BCUT2D eigenvalue weighted by Crippen LogP contribution is 2.29. The van der Waals surface area contributed by atoms with Crippen molar-refractivity contribution in [2.24, 2.45) is 0 Å². The molecule has 0 aliphatic rings. The second-order valence-electron chi connectivity index (χ2n) is 10.3. The van der Waals surface area contributed by atoms with Crippen LogP contribution in [0.5, 0.6) is 0 Å². The Balaban J connectivity index is 1.85. The second kappa shape index (κ2) is 12.6. The van der Waals surface area contributed by atoms with E-state index in [0.717, 1.165) is 0 Å². The summed E-state index contributed by atoms with van der Waals surface area (Å²) in [5.41, 5.74) is 0.000735. The number of nitrogens with zero attached hydrogens (tertiary/aromatic N) is 1. The minimum absolute atomic E-state index is 0.0599. The highest BCUT2D eigenvalue weighted by molar-refractivity contribution is 7.91. The number of aliphatic hydroxyl groups is 1. The number of carbonyl (C=O) groups excluding carboxylic acids is 1. The van der Waals surface area contributed by atoms with Gasteiger partial charge in [0, 0.05) is 11.1 Å². The Bertz CT molecular complexity index is 1480. The molecule has 2 N–H and O–H groups in total. The molecule has 3 rings (SSSR count). The number of hydrogen-bond acceptors (Lipinski definition) is 6. The Morgan fingerprint density at radius 1 is 1.00 bits per heavy atom. The van der Waals surface area contributed by atoms with Crippen LogP contribution in [0.25, 0.3) is 0 Å². The van der Waals surface area contributed by atoms with Crippen LogP contribution < -0.4 is 0 Å². The number of carboxylic acids is 1. The number of halogens is 2. The third-order valence-electron chi connectivity index (χ3n) is 6.01. The van der Waals surface area contributed by atoms with Gasteiger partial charge in [-0.15, -0.1) is 0 Å². The van der Waals surface area contributed by atoms with E-state index < -0.39 is 50.1 Å². The first kappa shape index (κ1) is 31.4. The predicted molar refractivity (Wildman–Crippen MR) is 153 cm³/mol. The molecule has 3 aromatic rings. The van der Waals surface area contributed by atoms with E-state index in [4.69, 9.17) is 27.9 Å². The van der Waals surface area contributed by atoms with Gasteiger partial charge in [-0.05, 0) is 81.6 Å². The summed E-state index contributed by atoms with van der Waals surface area (Å²) in [6, 6.07) is 16.1. The third kappa shape index (κ3) is 7.75. The zero-order valence-electron chi connectivity index (χ0n) is 22.5. The maximum atomic E-state index is 13.2. The van der Waals surface area contributed by atoms with Crippen LogP contribution in [-0.4, -0.2) is 53.8 Å². The average Bonchev–Trinajstić information content (AvgIpc) is 2.85. The van der Waals surface area contributed by atoms with E-state index in [1.807, 2.05) is 0 Å². The first-order valence-electron chi connectivity index (χ1n) is 12.4. The Labute approximate surface area is 244 Å². The molecule has 0 fully saturated rings. The molecule has 0 bridgehead atoms. The van der Waals surface area contributed by atoms with Crippen LogP contribution in [0.2, 0.25) is 10.0 Å². The zero-order chi connectivity index (χ0) is 29.8. The van der Waals surface area contributed by atoms with E-state index in [2.05, 4.69) is 0 Å². The summed E-state index contributed by atoms with van der Waals surface area (Å²) < 4.78 is 32.0. The van der Waals surface area contributed by atoms with E-state index in [1.165, 1.54) is 35.2 Å². The number of carbonyl (C=O) groups is 2. The molecule has 0 heterocycles. The minimum Gasteiger partial charge on any atom is -0.478 e. The summed E-state index contributed by atoms with van der Waals surface area (Å²) in [4.78, 5) is 25.7. The van der Waals surface area contributed by atoms with Crippen molar-refractivity contribution in [1.29, 1.82) is 0 Å². The zero-order valence-corrected chi connectivity index (χ0v) is 24.8. The van der Waals surface area contributed by atoms with Crippen LogP contribution >= 0.6 is 23.2 Å². The van der Waals surface area contributed by atoms with Crippen LogP contribution in [0.3, 0.4) is 0 Å². The van der Waals surface area contributed by atoms with E-state index in [-0.39, 0.29) is 16.5 Å². The molecule has 0 unspecified atom stereocenters. The van der Waals surface area contributed by atoms with Gasteiger partial charge in [-0.2, -0.15) is 0 Å². The quantitative estimate of drug-likeness (QED) is 0.287. The summed E-state index contributed by atoms with van der Waals surface area (Å²) in [6.07, 6.45) is -1.32. The van der Waals surface area contributed by atoms with Crippen LogP contribution in [-0.2, 0) is 21.0 Å². The van der Waals surface area contributed by atoms with E-state index in [0.29, 0.717) is 22.6 Å². The molecular formula is C29H31Cl2NO7S. The van der Waals surface area contributed by atoms with Gasteiger partial charge in [-0.1, -0.05) is 53.5 Å². The topological polar surface area (TPSA) is 121 Å². The Morgan fingerprint density at radius 2 is 1.62 bits per heavy atom. The molecule has 40 heavy (non-hydrogen) atoms. The van der Waals surface area contributed by atoms with Crippen molar-refractivity contribution in [3.63, 3.8) is 0 Å². The first-order valence-corrected chi connectivity index (χ1v) is 14.6. The Hall–Kier alpha value is -3.11. The molecule has 214 valence electrons. The standard InChI is InChI=1S/C29H31Cl2NO7S/c1-18(32(28(36)39-29(2,3)4)17-24(33)20-7-5-8-21(30)16-20)15-19-11-13-22(14-12-19)40(37,38)25-10-6-9-23(31)26(25)27(34)35/h5-14,16,18,24,33H,15,17H2,1-4H3,(H,34,35)/t18-,24+/m1/s1. The lowest BCUT2D eigenvalue weighted by atomic mass is 10.0. The third-order valence-corrected chi connectivity index (χ3v) is 8.37. The molecule has 0 radical (unpaired) electrons. The monoisotopic (exact) mass is 607 g/mol. The van der Waals surface area contributed by atoms with Gasteiger partial charge in [0.25, 0.3) is 0 Å². The van der Waals surface area contributed by atoms with Crippen LogP contribution in [0.4, 0.5) is 4.79 Å². The molecular weight excluding hydrogens is 577 g/mol. The first-order chi connectivity index (χ1) is 18.6. The van der Waals surface area contributed by atoms with E-state index >= 15 is 0 Å². The predicted octanol–water partition coefficient (Wildman–Crippen LogP) is 6.43. The lowest BCUT2D eigenvalue weighted by Crippen LogP contribution is -2.45. The van der Waals surface area contributed by atoms with Crippen molar-refractivity contribution >= 4 is 45.1 Å². The van der Waals surface area contributed by atoms with Crippen molar-refractivity contribution in [1.82, 2.24) is 4.90 Å². The van der Waals surface area contributed by atoms with Gasteiger partial charge >= 0.3 is 12.1 Å². The van der Waals surface area contributed by atoms with Gasteiger partial charge in [-0.25, -0.2) is 18.0 Å². The number of aromatic carboxylic acids is 1. The largest absolute Gasteiger partial charge is 0.478 e. The maximum Gasteiger partial charge on any atom is 0.410 e.